The highest BCUT2D eigenvalue weighted by molar-refractivity contribution is 7.86. The highest BCUT2D eigenvalue weighted by atomic mass is 32.2. The molecular formula is C18H23NO6S. The van der Waals surface area contributed by atoms with Gasteiger partial charge in [0.2, 0.25) is 0 Å². The van der Waals surface area contributed by atoms with Crippen molar-refractivity contribution in [3.8, 4) is 5.75 Å². The number of hydrogen-bond donors (Lipinski definition) is 1. The van der Waals surface area contributed by atoms with Crippen molar-refractivity contribution in [1.82, 2.24) is 0 Å². The average Bonchev–Trinajstić information content (AvgIpc) is 2.64. The standard InChI is InChI=1S/C18H23NO6S/c1-15-6-8-18(9-7-15)26(20,21)25-19-16-4-3-5-17(14-16)24-13-12-23-11-10-22-2/h3-9,14,19H,10-13H2,1-2H3. The molecule has 8 heteroatoms. The normalized spacial score (nSPS) is 11.3. The predicted molar refractivity (Wildman–Crippen MR) is 97.7 cm³/mol. The predicted octanol–water partition coefficient (Wildman–Crippen LogP) is 2.77. The minimum Gasteiger partial charge on any atom is -0.491 e. The summed E-state index contributed by atoms with van der Waals surface area (Å²) in [5.41, 5.74) is 3.86. The van der Waals surface area contributed by atoms with Gasteiger partial charge in [-0.1, -0.05) is 23.8 Å². The summed E-state index contributed by atoms with van der Waals surface area (Å²) >= 11 is 0. The molecule has 0 amide bonds. The molecule has 0 heterocycles. The number of nitrogens with one attached hydrogen (secondary N) is 1. The number of benzene rings is 2. The van der Waals surface area contributed by atoms with Crippen LogP contribution in [0.2, 0.25) is 0 Å². The Kier molecular flexibility index (Phi) is 7.86. The third kappa shape index (κ3) is 6.64. The lowest BCUT2D eigenvalue weighted by molar-refractivity contribution is 0.0544. The minimum atomic E-state index is -3.90. The summed E-state index contributed by atoms with van der Waals surface area (Å²) in [6.07, 6.45) is 0. The van der Waals surface area contributed by atoms with Crippen molar-refractivity contribution in [2.45, 2.75) is 11.8 Å². The van der Waals surface area contributed by atoms with Crippen molar-refractivity contribution < 1.29 is 26.9 Å². The summed E-state index contributed by atoms with van der Waals surface area (Å²) in [5, 5.41) is 0. The van der Waals surface area contributed by atoms with E-state index in [1.807, 2.05) is 6.92 Å². The Balaban J connectivity index is 1.85. The summed E-state index contributed by atoms with van der Waals surface area (Å²) in [5.74, 6) is 0.571. The fourth-order valence-corrected chi connectivity index (χ4v) is 2.74. The lowest BCUT2D eigenvalue weighted by Crippen LogP contribution is -2.12. The fourth-order valence-electron chi connectivity index (χ4n) is 1.97. The van der Waals surface area contributed by atoms with Gasteiger partial charge in [0.25, 0.3) is 0 Å². The molecule has 0 aliphatic rings. The molecule has 0 spiro atoms. The van der Waals surface area contributed by atoms with E-state index in [2.05, 4.69) is 5.48 Å². The van der Waals surface area contributed by atoms with Gasteiger partial charge in [0.05, 0.1) is 30.4 Å². The molecule has 0 radical (unpaired) electrons. The van der Waals surface area contributed by atoms with Crippen LogP contribution in [0.5, 0.6) is 5.75 Å². The van der Waals surface area contributed by atoms with Gasteiger partial charge in [-0.05, 0) is 31.2 Å². The molecule has 7 nitrogen and oxygen atoms in total. The first-order valence-electron chi connectivity index (χ1n) is 8.07. The first-order valence-corrected chi connectivity index (χ1v) is 9.48. The van der Waals surface area contributed by atoms with Crippen molar-refractivity contribution in [2.75, 3.05) is 39.0 Å². The summed E-state index contributed by atoms with van der Waals surface area (Å²) < 4.78 is 44.9. The number of methoxy groups -OCH3 is 1. The first kappa shape index (κ1) is 20.2. The molecule has 0 saturated heterocycles. The third-order valence-electron chi connectivity index (χ3n) is 3.34. The van der Waals surface area contributed by atoms with Crippen LogP contribution >= 0.6 is 0 Å². The number of aryl methyl sites for hydroxylation is 1. The molecule has 1 N–H and O–H groups in total. The number of hydrogen-bond acceptors (Lipinski definition) is 7. The number of anilines is 1. The molecule has 0 fully saturated rings. The molecule has 0 aromatic heterocycles. The Labute approximate surface area is 153 Å². The maximum absolute atomic E-state index is 12.2. The molecule has 0 unspecified atom stereocenters. The Morgan fingerprint density at radius 3 is 2.42 bits per heavy atom. The van der Waals surface area contributed by atoms with Gasteiger partial charge in [0.15, 0.2) is 0 Å². The summed E-state index contributed by atoms with van der Waals surface area (Å²) in [6.45, 7) is 3.72. The van der Waals surface area contributed by atoms with Crippen LogP contribution in [0.4, 0.5) is 5.69 Å². The lowest BCUT2D eigenvalue weighted by atomic mass is 10.2. The molecule has 26 heavy (non-hydrogen) atoms. The molecular weight excluding hydrogens is 358 g/mol. The van der Waals surface area contributed by atoms with Crippen molar-refractivity contribution in [1.29, 1.82) is 0 Å². The lowest BCUT2D eigenvalue weighted by Gasteiger charge is -2.10. The van der Waals surface area contributed by atoms with Gasteiger partial charge >= 0.3 is 10.1 Å². The molecule has 142 valence electrons. The minimum absolute atomic E-state index is 0.0798. The third-order valence-corrected chi connectivity index (χ3v) is 4.49. The van der Waals surface area contributed by atoms with E-state index in [1.54, 1.807) is 43.5 Å². The van der Waals surface area contributed by atoms with Crippen molar-refractivity contribution in [3.63, 3.8) is 0 Å². The van der Waals surface area contributed by atoms with E-state index in [9.17, 15) is 8.42 Å². The van der Waals surface area contributed by atoms with E-state index in [-0.39, 0.29) is 4.90 Å². The zero-order chi connectivity index (χ0) is 18.8. The molecule has 0 atom stereocenters. The zero-order valence-electron chi connectivity index (χ0n) is 14.8. The molecule has 2 rings (SSSR count). The monoisotopic (exact) mass is 381 g/mol. The highest BCUT2D eigenvalue weighted by Gasteiger charge is 2.15. The Hall–Kier alpha value is -2.13. The van der Waals surface area contributed by atoms with Crippen molar-refractivity contribution in [3.05, 3.63) is 54.1 Å². The molecule has 2 aromatic carbocycles. The van der Waals surface area contributed by atoms with Crippen LogP contribution in [0, 0.1) is 6.92 Å². The molecule has 2 aromatic rings. The maximum Gasteiger partial charge on any atom is 0.317 e. The van der Waals surface area contributed by atoms with Gasteiger partial charge in [-0.15, -0.1) is 4.28 Å². The van der Waals surface area contributed by atoms with Crippen LogP contribution in [0.1, 0.15) is 5.56 Å². The van der Waals surface area contributed by atoms with Gasteiger partial charge in [0, 0.05) is 13.2 Å². The fraction of sp³-hybridized carbons (Fsp3) is 0.333. The van der Waals surface area contributed by atoms with Gasteiger partial charge in [-0.3, -0.25) is 0 Å². The SMILES string of the molecule is COCCOCCOc1cccc(NOS(=O)(=O)c2ccc(C)cc2)c1. The smallest absolute Gasteiger partial charge is 0.317 e. The van der Waals surface area contributed by atoms with E-state index < -0.39 is 10.1 Å². The van der Waals surface area contributed by atoms with Gasteiger partial charge in [0.1, 0.15) is 12.4 Å². The van der Waals surface area contributed by atoms with Crippen LogP contribution in [-0.4, -0.2) is 42.0 Å². The molecule has 0 aliphatic heterocycles. The van der Waals surface area contributed by atoms with Gasteiger partial charge in [-0.2, -0.15) is 8.42 Å². The summed E-state index contributed by atoms with van der Waals surface area (Å²) in [7, 11) is -2.29. The van der Waals surface area contributed by atoms with E-state index in [0.717, 1.165) is 5.56 Å². The first-order chi connectivity index (χ1) is 12.5. The second-order valence-corrected chi connectivity index (χ2v) is 6.98. The second kappa shape index (κ2) is 10.1. The van der Waals surface area contributed by atoms with Crippen LogP contribution in [0.15, 0.2) is 53.4 Å². The van der Waals surface area contributed by atoms with Crippen LogP contribution in [0.25, 0.3) is 0 Å². The number of rotatable bonds is 11. The zero-order valence-corrected chi connectivity index (χ0v) is 15.6. The quantitative estimate of drug-likeness (QED) is 0.473. The van der Waals surface area contributed by atoms with E-state index in [0.29, 0.717) is 37.9 Å². The topological polar surface area (TPSA) is 83.1 Å². The van der Waals surface area contributed by atoms with Crippen molar-refractivity contribution >= 4 is 15.8 Å². The molecule has 0 bridgehead atoms. The largest absolute Gasteiger partial charge is 0.491 e. The Morgan fingerprint density at radius 1 is 0.962 bits per heavy atom. The average molecular weight is 381 g/mol. The van der Waals surface area contributed by atoms with E-state index in [1.165, 1.54) is 12.1 Å². The maximum atomic E-state index is 12.2. The summed E-state index contributed by atoms with van der Waals surface area (Å²) in [4.78, 5) is 0.0798. The number of ether oxygens (including phenoxy) is 3. The van der Waals surface area contributed by atoms with E-state index in [4.69, 9.17) is 18.5 Å². The van der Waals surface area contributed by atoms with Crippen LogP contribution in [0.3, 0.4) is 0 Å². The van der Waals surface area contributed by atoms with Crippen LogP contribution < -0.4 is 10.2 Å². The summed E-state index contributed by atoms with van der Waals surface area (Å²) in [6, 6.07) is 13.2. The molecule has 0 aliphatic carbocycles. The molecule has 0 saturated carbocycles. The van der Waals surface area contributed by atoms with Gasteiger partial charge < -0.3 is 14.2 Å². The van der Waals surface area contributed by atoms with Crippen molar-refractivity contribution in [2.24, 2.45) is 0 Å². The van der Waals surface area contributed by atoms with Gasteiger partial charge in [-0.25, -0.2) is 5.48 Å². The Morgan fingerprint density at radius 2 is 1.69 bits per heavy atom. The van der Waals surface area contributed by atoms with E-state index >= 15 is 0 Å². The Bertz CT molecular complexity index is 777. The van der Waals surface area contributed by atoms with Crippen LogP contribution in [-0.2, 0) is 23.9 Å². The second-order valence-electron chi connectivity index (χ2n) is 5.43. The highest BCUT2D eigenvalue weighted by Crippen LogP contribution is 2.19.